The van der Waals surface area contributed by atoms with Crippen LogP contribution in [0.5, 0.6) is 0 Å². The monoisotopic (exact) mass is 303 g/mol. The number of nitrogens with one attached hydrogen (secondary N) is 1. The molecular weight excluding hydrogens is 285 g/mol. The van der Waals surface area contributed by atoms with E-state index in [0.717, 1.165) is 12.0 Å². The highest BCUT2D eigenvalue weighted by Crippen LogP contribution is 2.47. The summed E-state index contributed by atoms with van der Waals surface area (Å²) in [4.78, 5) is 12.1. The number of nitrogens with zero attached hydrogens (tertiary/aromatic N) is 2. The zero-order valence-corrected chi connectivity index (χ0v) is 12.3. The first-order valence-corrected chi connectivity index (χ1v) is 7.23. The number of hydrogen-bond acceptors (Lipinski definition) is 3. The van der Waals surface area contributed by atoms with Gasteiger partial charge in [0.1, 0.15) is 5.82 Å². The number of aliphatic hydroxyl groups excluding tert-OH is 1. The van der Waals surface area contributed by atoms with Crippen LogP contribution in [0.4, 0.5) is 4.39 Å². The maximum Gasteiger partial charge on any atom is 0.224 e. The molecule has 22 heavy (non-hydrogen) atoms. The van der Waals surface area contributed by atoms with Crippen LogP contribution in [-0.4, -0.2) is 20.8 Å². The van der Waals surface area contributed by atoms with E-state index in [1.54, 1.807) is 16.9 Å². The van der Waals surface area contributed by atoms with Gasteiger partial charge in [-0.1, -0.05) is 12.1 Å². The topological polar surface area (TPSA) is 67.2 Å². The fraction of sp³-hybridized carbons (Fsp3) is 0.375. The van der Waals surface area contributed by atoms with Crippen molar-refractivity contribution in [1.29, 1.82) is 0 Å². The molecular formula is C16H18FN3O2. The lowest BCUT2D eigenvalue weighted by atomic mass is 10.1. The van der Waals surface area contributed by atoms with Crippen LogP contribution in [0.1, 0.15) is 29.0 Å². The van der Waals surface area contributed by atoms with Crippen LogP contribution in [0.2, 0.25) is 0 Å². The molecule has 116 valence electrons. The van der Waals surface area contributed by atoms with Crippen LogP contribution >= 0.6 is 0 Å². The van der Waals surface area contributed by atoms with Crippen LogP contribution in [0.15, 0.2) is 30.6 Å². The summed E-state index contributed by atoms with van der Waals surface area (Å²) >= 11 is 0. The minimum Gasteiger partial charge on any atom is -0.392 e. The number of amides is 1. The van der Waals surface area contributed by atoms with E-state index in [0.29, 0.717) is 5.56 Å². The Balaban J connectivity index is 1.54. The van der Waals surface area contributed by atoms with E-state index in [2.05, 4.69) is 10.4 Å². The smallest absolute Gasteiger partial charge is 0.224 e. The van der Waals surface area contributed by atoms with Crippen LogP contribution in [0.25, 0.3) is 0 Å². The van der Waals surface area contributed by atoms with E-state index in [1.807, 2.05) is 13.2 Å². The van der Waals surface area contributed by atoms with Gasteiger partial charge in [0.25, 0.3) is 0 Å². The third kappa shape index (κ3) is 3.01. The van der Waals surface area contributed by atoms with Crippen molar-refractivity contribution in [2.75, 3.05) is 0 Å². The number of aromatic nitrogens is 2. The Hall–Kier alpha value is -2.21. The van der Waals surface area contributed by atoms with Gasteiger partial charge in [-0.05, 0) is 29.5 Å². The van der Waals surface area contributed by atoms with Crippen LogP contribution < -0.4 is 5.32 Å². The first-order chi connectivity index (χ1) is 10.6. The van der Waals surface area contributed by atoms with Crippen molar-refractivity contribution in [1.82, 2.24) is 15.1 Å². The average molecular weight is 303 g/mol. The summed E-state index contributed by atoms with van der Waals surface area (Å²) in [7, 11) is 1.85. The SMILES string of the molecule is Cn1cc([C@@H]2C[C@H]2C(=O)NCc2ccc(CO)c(F)c2)cn1. The number of hydrogen-bond donors (Lipinski definition) is 2. The molecule has 2 aromatic rings. The number of rotatable bonds is 5. The summed E-state index contributed by atoms with van der Waals surface area (Å²) in [6, 6.07) is 4.59. The fourth-order valence-corrected chi connectivity index (χ4v) is 2.63. The molecule has 2 atom stereocenters. The van der Waals surface area contributed by atoms with E-state index >= 15 is 0 Å². The van der Waals surface area contributed by atoms with Crippen molar-refractivity contribution in [2.24, 2.45) is 13.0 Å². The first kappa shape index (κ1) is 14.7. The molecule has 1 aromatic heterocycles. The Kier molecular flexibility index (Phi) is 3.94. The van der Waals surface area contributed by atoms with E-state index in [-0.39, 0.29) is 36.5 Å². The highest BCUT2D eigenvalue weighted by molar-refractivity contribution is 5.82. The number of carbonyl (C=O) groups is 1. The van der Waals surface area contributed by atoms with E-state index in [9.17, 15) is 9.18 Å². The maximum absolute atomic E-state index is 13.5. The highest BCUT2D eigenvalue weighted by atomic mass is 19.1. The van der Waals surface area contributed by atoms with Crippen molar-refractivity contribution in [3.8, 4) is 0 Å². The predicted octanol–water partition coefficient (Wildman–Crippen LogP) is 1.47. The number of halogens is 1. The van der Waals surface area contributed by atoms with Gasteiger partial charge in [0, 0.05) is 31.3 Å². The van der Waals surface area contributed by atoms with Gasteiger partial charge in [-0.3, -0.25) is 9.48 Å². The fourth-order valence-electron chi connectivity index (χ4n) is 2.63. The maximum atomic E-state index is 13.5. The number of aliphatic hydroxyl groups is 1. The van der Waals surface area contributed by atoms with Crippen molar-refractivity contribution >= 4 is 5.91 Å². The Morgan fingerprint density at radius 2 is 2.36 bits per heavy atom. The van der Waals surface area contributed by atoms with Gasteiger partial charge in [-0.15, -0.1) is 0 Å². The van der Waals surface area contributed by atoms with E-state index in [1.165, 1.54) is 12.1 Å². The molecule has 0 bridgehead atoms. The molecule has 1 aliphatic rings. The molecule has 1 amide bonds. The third-order valence-corrected chi connectivity index (χ3v) is 4.03. The van der Waals surface area contributed by atoms with Crippen molar-refractivity contribution in [2.45, 2.75) is 25.5 Å². The van der Waals surface area contributed by atoms with Crippen molar-refractivity contribution < 1.29 is 14.3 Å². The molecule has 1 heterocycles. The molecule has 0 unspecified atom stereocenters. The summed E-state index contributed by atoms with van der Waals surface area (Å²) in [5.74, 6) is -0.248. The molecule has 5 nitrogen and oxygen atoms in total. The van der Waals surface area contributed by atoms with E-state index < -0.39 is 5.82 Å². The first-order valence-electron chi connectivity index (χ1n) is 7.23. The minimum absolute atomic E-state index is 0.0134. The number of benzene rings is 1. The number of aryl methyl sites for hydroxylation is 1. The standard InChI is InChI=1S/C16H18FN3O2/c1-20-8-12(7-19-20)13-5-14(13)16(22)18-6-10-2-3-11(9-21)15(17)4-10/h2-4,7-8,13-14,21H,5-6,9H2,1H3,(H,18,22)/t13-,14+/m0/s1. The summed E-state index contributed by atoms with van der Waals surface area (Å²) in [5, 5.41) is 15.9. The van der Waals surface area contributed by atoms with Crippen molar-refractivity contribution in [3.63, 3.8) is 0 Å². The minimum atomic E-state index is -0.450. The second kappa shape index (κ2) is 5.88. The zero-order chi connectivity index (χ0) is 15.7. The molecule has 0 radical (unpaired) electrons. The molecule has 1 saturated carbocycles. The van der Waals surface area contributed by atoms with E-state index in [4.69, 9.17) is 5.11 Å². The summed E-state index contributed by atoms with van der Waals surface area (Å²) < 4.78 is 15.3. The van der Waals surface area contributed by atoms with Crippen molar-refractivity contribution in [3.05, 3.63) is 53.1 Å². The normalized spacial score (nSPS) is 20.0. The van der Waals surface area contributed by atoms with Gasteiger partial charge in [0.05, 0.1) is 12.8 Å². The van der Waals surface area contributed by atoms with Gasteiger partial charge in [-0.25, -0.2) is 4.39 Å². The molecule has 0 aliphatic heterocycles. The molecule has 0 saturated heterocycles. The molecule has 1 fully saturated rings. The average Bonchev–Trinajstić information content (AvgIpc) is 3.20. The molecule has 0 spiro atoms. The van der Waals surface area contributed by atoms with Gasteiger partial charge in [0.2, 0.25) is 5.91 Å². The molecule has 3 rings (SSSR count). The van der Waals surface area contributed by atoms with Crippen LogP contribution in [0, 0.1) is 11.7 Å². The highest BCUT2D eigenvalue weighted by Gasteiger charge is 2.44. The summed E-state index contributed by atoms with van der Waals surface area (Å²) in [6.45, 7) is -0.0366. The van der Waals surface area contributed by atoms with Gasteiger partial charge in [0.15, 0.2) is 0 Å². The lowest BCUT2D eigenvalue weighted by molar-refractivity contribution is -0.122. The van der Waals surface area contributed by atoms with Gasteiger partial charge in [-0.2, -0.15) is 5.10 Å². The largest absolute Gasteiger partial charge is 0.392 e. The molecule has 6 heteroatoms. The van der Waals surface area contributed by atoms with Gasteiger partial charge < -0.3 is 10.4 Å². The quantitative estimate of drug-likeness (QED) is 0.879. The lowest BCUT2D eigenvalue weighted by Gasteiger charge is -2.06. The second-order valence-corrected chi connectivity index (χ2v) is 5.70. The Bertz CT molecular complexity index is 698. The second-order valence-electron chi connectivity index (χ2n) is 5.70. The van der Waals surface area contributed by atoms with Crippen LogP contribution in [-0.2, 0) is 25.0 Å². The molecule has 2 N–H and O–H groups in total. The number of carbonyl (C=O) groups excluding carboxylic acids is 1. The molecule has 1 aliphatic carbocycles. The zero-order valence-electron chi connectivity index (χ0n) is 12.3. The Morgan fingerprint density at radius 1 is 1.55 bits per heavy atom. The lowest BCUT2D eigenvalue weighted by Crippen LogP contribution is -2.25. The third-order valence-electron chi connectivity index (χ3n) is 4.03. The summed E-state index contributed by atoms with van der Waals surface area (Å²) in [5.41, 5.74) is 2.02. The Labute approximate surface area is 127 Å². The van der Waals surface area contributed by atoms with Gasteiger partial charge >= 0.3 is 0 Å². The molecule has 1 aromatic carbocycles. The Morgan fingerprint density at radius 3 is 3.00 bits per heavy atom. The predicted molar refractivity (Wildman–Crippen MR) is 78.2 cm³/mol. The summed E-state index contributed by atoms with van der Waals surface area (Å²) in [6.07, 6.45) is 4.55. The van der Waals surface area contributed by atoms with Crippen LogP contribution in [0.3, 0.4) is 0 Å².